The summed E-state index contributed by atoms with van der Waals surface area (Å²) < 4.78 is 14.6. The van der Waals surface area contributed by atoms with Crippen molar-refractivity contribution in [2.24, 2.45) is 0 Å². The van der Waals surface area contributed by atoms with Gasteiger partial charge in [-0.3, -0.25) is 4.98 Å². The molecule has 0 fully saturated rings. The third-order valence-corrected chi connectivity index (χ3v) is 3.95. The van der Waals surface area contributed by atoms with Crippen molar-refractivity contribution in [3.63, 3.8) is 0 Å². The third kappa shape index (κ3) is 2.56. The van der Waals surface area contributed by atoms with Crippen LogP contribution in [0.25, 0.3) is 10.8 Å². The molecule has 0 aliphatic carbocycles. The highest BCUT2D eigenvalue weighted by Gasteiger charge is 2.10. The number of nitrogens with two attached hydrogens (primary N) is 1. The Balaban J connectivity index is 2.17. The summed E-state index contributed by atoms with van der Waals surface area (Å²) in [5.41, 5.74) is 8.69. The van der Waals surface area contributed by atoms with E-state index < -0.39 is 0 Å². The van der Waals surface area contributed by atoms with Crippen molar-refractivity contribution < 1.29 is 4.39 Å². The first-order chi connectivity index (χ1) is 10.1. The molecule has 3 aromatic rings. The number of hydrogen-bond acceptors (Lipinski definition) is 3. The maximum atomic E-state index is 14.0. The van der Waals surface area contributed by atoms with Crippen LogP contribution in [0.15, 0.2) is 47.1 Å². The molecular formula is C16H13BrFN3. The van der Waals surface area contributed by atoms with E-state index in [1.807, 2.05) is 19.1 Å². The quantitative estimate of drug-likeness (QED) is 0.657. The fourth-order valence-corrected chi connectivity index (χ4v) is 2.67. The van der Waals surface area contributed by atoms with E-state index in [1.165, 1.54) is 6.07 Å². The van der Waals surface area contributed by atoms with Crippen LogP contribution in [0.1, 0.15) is 5.69 Å². The van der Waals surface area contributed by atoms with E-state index in [0.29, 0.717) is 15.8 Å². The lowest BCUT2D eigenvalue weighted by Crippen LogP contribution is -1.98. The summed E-state index contributed by atoms with van der Waals surface area (Å²) in [4.78, 5) is 4.26. The molecule has 0 atom stereocenters. The van der Waals surface area contributed by atoms with Gasteiger partial charge in [-0.2, -0.15) is 0 Å². The summed E-state index contributed by atoms with van der Waals surface area (Å²) in [5.74, 6) is -0.319. The predicted molar refractivity (Wildman–Crippen MR) is 88.3 cm³/mol. The number of pyridine rings is 1. The third-order valence-electron chi connectivity index (χ3n) is 3.29. The molecule has 0 radical (unpaired) electrons. The molecule has 1 aromatic heterocycles. The molecule has 106 valence electrons. The van der Waals surface area contributed by atoms with Crippen LogP contribution in [-0.4, -0.2) is 4.98 Å². The number of aryl methyl sites for hydroxylation is 1. The van der Waals surface area contributed by atoms with Gasteiger partial charge in [0.15, 0.2) is 0 Å². The van der Waals surface area contributed by atoms with E-state index in [-0.39, 0.29) is 5.82 Å². The van der Waals surface area contributed by atoms with Crippen LogP contribution in [0.5, 0.6) is 0 Å². The highest BCUT2D eigenvalue weighted by atomic mass is 79.9. The molecule has 0 saturated heterocycles. The van der Waals surface area contributed by atoms with E-state index in [0.717, 1.165) is 22.2 Å². The molecule has 0 amide bonds. The number of halogens is 2. The van der Waals surface area contributed by atoms with E-state index in [4.69, 9.17) is 5.73 Å². The minimum Gasteiger partial charge on any atom is -0.398 e. The fourth-order valence-electron chi connectivity index (χ4n) is 2.23. The molecule has 2 aromatic carbocycles. The SMILES string of the molecule is Cc1cc2c(Nc3c(F)cccc3Br)ccc(N)c2cn1. The van der Waals surface area contributed by atoms with Crippen molar-refractivity contribution >= 4 is 43.8 Å². The minimum absolute atomic E-state index is 0.319. The van der Waals surface area contributed by atoms with Gasteiger partial charge in [-0.05, 0) is 53.2 Å². The Kier molecular flexibility index (Phi) is 3.51. The summed E-state index contributed by atoms with van der Waals surface area (Å²) in [7, 11) is 0. The van der Waals surface area contributed by atoms with Crippen LogP contribution in [0.3, 0.4) is 0 Å². The van der Waals surface area contributed by atoms with Crippen LogP contribution in [0.4, 0.5) is 21.5 Å². The zero-order valence-corrected chi connectivity index (χ0v) is 12.9. The zero-order chi connectivity index (χ0) is 15.0. The second-order valence-electron chi connectivity index (χ2n) is 4.80. The van der Waals surface area contributed by atoms with Gasteiger partial charge in [-0.15, -0.1) is 0 Å². The normalized spacial score (nSPS) is 10.8. The molecule has 21 heavy (non-hydrogen) atoms. The van der Waals surface area contributed by atoms with Gasteiger partial charge in [0.1, 0.15) is 5.82 Å². The van der Waals surface area contributed by atoms with Gasteiger partial charge in [0.2, 0.25) is 0 Å². The number of anilines is 3. The molecule has 0 aliphatic rings. The predicted octanol–water partition coefficient (Wildman–Crippen LogP) is 4.77. The smallest absolute Gasteiger partial charge is 0.147 e. The number of rotatable bonds is 2. The van der Waals surface area contributed by atoms with Crippen LogP contribution < -0.4 is 11.1 Å². The monoisotopic (exact) mass is 345 g/mol. The van der Waals surface area contributed by atoms with Crippen LogP contribution in [0, 0.1) is 12.7 Å². The maximum Gasteiger partial charge on any atom is 0.147 e. The Morgan fingerprint density at radius 2 is 2.00 bits per heavy atom. The molecule has 0 saturated carbocycles. The molecule has 3 nitrogen and oxygen atoms in total. The van der Waals surface area contributed by atoms with Crippen molar-refractivity contribution in [2.75, 3.05) is 11.1 Å². The Bertz CT molecular complexity index is 813. The number of fused-ring (bicyclic) bond motifs is 1. The van der Waals surface area contributed by atoms with E-state index in [2.05, 4.69) is 26.2 Å². The lowest BCUT2D eigenvalue weighted by Gasteiger charge is -2.13. The standard InChI is InChI=1S/C16H13BrFN3/c1-9-7-10-11(8-20-9)14(19)5-6-15(10)21-16-12(17)3-2-4-13(16)18/h2-8,21H,19H2,1H3. The van der Waals surface area contributed by atoms with Crippen LogP contribution in [-0.2, 0) is 0 Å². The molecule has 0 unspecified atom stereocenters. The van der Waals surface area contributed by atoms with Gasteiger partial charge >= 0.3 is 0 Å². The second-order valence-corrected chi connectivity index (χ2v) is 5.65. The van der Waals surface area contributed by atoms with E-state index in [1.54, 1.807) is 24.4 Å². The van der Waals surface area contributed by atoms with Gasteiger partial charge in [-0.25, -0.2) is 4.39 Å². The number of benzene rings is 2. The Labute approximate surface area is 130 Å². The average molecular weight is 346 g/mol. The second kappa shape index (κ2) is 5.33. The first-order valence-corrected chi connectivity index (χ1v) is 7.21. The van der Waals surface area contributed by atoms with Crippen molar-refractivity contribution in [3.05, 3.63) is 58.6 Å². The maximum absolute atomic E-state index is 14.0. The Morgan fingerprint density at radius 1 is 1.19 bits per heavy atom. The number of hydrogen-bond donors (Lipinski definition) is 2. The molecule has 3 N–H and O–H groups in total. The summed E-state index contributed by atoms with van der Waals surface area (Å²) in [6.45, 7) is 1.91. The molecule has 5 heteroatoms. The van der Waals surface area contributed by atoms with Gasteiger partial charge in [0.05, 0.1) is 5.69 Å². The highest BCUT2D eigenvalue weighted by molar-refractivity contribution is 9.10. The number of nitrogens with zero attached hydrogens (tertiary/aromatic N) is 1. The minimum atomic E-state index is -0.319. The first-order valence-electron chi connectivity index (χ1n) is 6.42. The molecule has 0 aliphatic heterocycles. The zero-order valence-electron chi connectivity index (χ0n) is 11.3. The van der Waals surface area contributed by atoms with Crippen LogP contribution in [0.2, 0.25) is 0 Å². The Hall–Kier alpha value is -2.14. The van der Waals surface area contributed by atoms with Crippen molar-refractivity contribution in [1.29, 1.82) is 0 Å². The summed E-state index contributed by atoms with van der Waals surface area (Å²) in [6.07, 6.45) is 1.74. The van der Waals surface area contributed by atoms with Gasteiger partial charge < -0.3 is 11.1 Å². The topological polar surface area (TPSA) is 50.9 Å². The summed E-state index contributed by atoms with van der Waals surface area (Å²) in [5, 5.41) is 4.89. The molecule has 3 rings (SSSR count). The number of nitrogens with one attached hydrogen (secondary N) is 1. The van der Waals surface area contributed by atoms with Gasteiger partial charge in [-0.1, -0.05) is 6.07 Å². The average Bonchev–Trinajstić information content (AvgIpc) is 2.45. The number of para-hydroxylation sites is 1. The molecular weight excluding hydrogens is 333 g/mol. The first kappa shape index (κ1) is 13.8. The fraction of sp³-hybridized carbons (Fsp3) is 0.0625. The summed E-state index contributed by atoms with van der Waals surface area (Å²) >= 11 is 3.36. The molecule has 1 heterocycles. The summed E-state index contributed by atoms with van der Waals surface area (Å²) in [6, 6.07) is 10.4. The van der Waals surface area contributed by atoms with Gasteiger partial charge in [0.25, 0.3) is 0 Å². The van der Waals surface area contributed by atoms with E-state index in [9.17, 15) is 4.39 Å². The van der Waals surface area contributed by atoms with Crippen molar-refractivity contribution in [2.45, 2.75) is 6.92 Å². The lowest BCUT2D eigenvalue weighted by atomic mass is 10.1. The molecule has 0 bridgehead atoms. The van der Waals surface area contributed by atoms with Crippen molar-refractivity contribution in [1.82, 2.24) is 4.98 Å². The number of aromatic nitrogens is 1. The highest BCUT2D eigenvalue weighted by Crippen LogP contribution is 2.34. The van der Waals surface area contributed by atoms with Crippen molar-refractivity contribution in [3.8, 4) is 0 Å². The van der Waals surface area contributed by atoms with Gasteiger partial charge in [0, 0.05) is 38.5 Å². The number of nitrogen functional groups attached to an aromatic ring is 1. The molecule has 0 spiro atoms. The largest absolute Gasteiger partial charge is 0.398 e. The lowest BCUT2D eigenvalue weighted by molar-refractivity contribution is 0.631. The van der Waals surface area contributed by atoms with Crippen LogP contribution >= 0.6 is 15.9 Å². The Morgan fingerprint density at radius 3 is 2.76 bits per heavy atom. The van der Waals surface area contributed by atoms with E-state index >= 15 is 0 Å².